The first-order valence-electron chi connectivity index (χ1n) is 16.6. The van der Waals surface area contributed by atoms with E-state index < -0.39 is 0 Å². The molecule has 0 saturated carbocycles. The smallest absolute Gasteiger partial charge is 0.160 e. The van der Waals surface area contributed by atoms with Gasteiger partial charge in [0.25, 0.3) is 0 Å². The third-order valence-corrected chi connectivity index (χ3v) is 10.5. The number of hydrogen-bond donors (Lipinski definition) is 0. The molecule has 0 atom stereocenters. The molecule has 0 saturated heterocycles. The molecule has 0 bridgehead atoms. The number of aromatic nitrogens is 3. The Balaban J connectivity index is 1.08. The Morgan fingerprint density at radius 1 is 0.440 bits per heavy atom. The molecule has 4 aromatic heterocycles. The van der Waals surface area contributed by atoms with Crippen LogP contribution >= 0.6 is 11.3 Å². The fourth-order valence-electron chi connectivity index (χ4n) is 7.00. The quantitative estimate of drug-likeness (QED) is 0.185. The summed E-state index contributed by atoms with van der Waals surface area (Å²) in [6, 6.07) is 54.7. The zero-order valence-electron chi connectivity index (χ0n) is 26.7. The number of para-hydroxylation sites is 1. The number of fused-ring (bicyclic) bond motifs is 6. The van der Waals surface area contributed by atoms with Gasteiger partial charge in [-0.2, -0.15) is 0 Å². The predicted molar refractivity (Wildman–Crippen MR) is 207 cm³/mol. The van der Waals surface area contributed by atoms with Gasteiger partial charge in [0.05, 0.1) is 17.1 Å². The number of rotatable bonds is 5. The van der Waals surface area contributed by atoms with Crippen LogP contribution in [0.5, 0.6) is 0 Å². The van der Waals surface area contributed by atoms with E-state index in [1.807, 2.05) is 66.1 Å². The SMILES string of the molecule is c1ccc(-c2nc(-c3ccc(-c4cccnc4-c4ccc5oc6ccccc6c5c4)cc3)cc(-c3cccc4sc5ccccc5c34)n2)cc1. The molecule has 0 amide bonds. The molecular formula is C45H27N3OS. The van der Waals surface area contributed by atoms with Gasteiger partial charge in [0.15, 0.2) is 5.82 Å². The van der Waals surface area contributed by atoms with Gasteiger partial charge >= 0.3 is 0 Å². The molecule has 6 aromatic carbocycles. The number of hydrogen-bond acceptors (Lipinski definition) is 5. The molecule has 4 nitrogen and oxygen atoms in total. The molecule has 10 rings (SSSR count). The van der Waals surface area contributed by atoms with Crippen LogP contribution in [-0.4, -0.2) is 15.0 Å². The van der Waals surface area contributed by atoms with Crippen molar-refractivity contribution < 1.29 is 4.42 Å². The Morgan fingerprint density at radius 2 is 1.14 bits per heavy atom. The van der Waals surface area contributed by atoms with Crippen molar-refractivity contribution in [2.75, 3.05) is 0 Å². The summed E-state index contributed by atoms with van der Waals surface area (Å²) < 4.78 is 8.62. The van der Waals surface area contributed by atoms with Crippen LogP contribution in [0.1, 0.15) is 0 Å². The first-order valence-corrected chi connectivity index (χ1v) is 17.4. The standard InChI is InChI=1S/C45H27N3OS/c1-2-10-30(11-3-1)45-47-37(27-38(48-45)34-14-8-18-42-43(34)35-13-5-7-17-41(35)50-42)29-21-19-28(20-22-29)32-15-9-25-46-44(32)31-23-24-40-36(26-31)33-12-4-6-16-39(33)49-40/h1-27H. The zero-order chi connectivity index (χ0) is 33.0. The molecule has 0 aliphatic heterocycles. The van der Waals surface area contributed by atoms with E-state index in [4.69, 9.17) is 19.4 Å². The molecule has 5 heteroatoms. The molecule has 0 aliphatic rings. The largest absolute Gasteiger partial charge is 0.456 e. The van der Waals surface area contributed by atoms with E-state index in [0.29, 0.717) is 5.82 Å². The van der Waals surface area contributed by atoms with E-state index in [9.17, 15) is 0 Å². The summed E-state index contributed by atoms with van der Waals surface area (Å²) in [5, 5.41) is 4.68. The third kappa shape index (κ3) is 4.79. The van der Waals surface area contributed by atoms with Gasteiger partial charge in [-0.3, -0.25) is 4.98 Å². The lowest BCUT2D eigenvalue weighted by molar-refractivity contribution is 0.669. The number of thiophene rings is 1. The van der Waals surface area contributed by atoms with Crippen LogP contribution in [0.2, 0.25) is 0 Å². The normalized spacial score (nSPS) is 11.6. The van der Waals surface area contributed by atoms with Crippen molar-refractivity contribution in [1.29, 1.82) is 0 Å². The molecule has 234 valence electrons. The maximum absolute atomic E-state index is 6.09. The Kier molecular flexibility index (Phi) is 6.64. The number of pyridine rings is 1. The summed E-state index contributed by atoms with van der Waals surface area (Å²) in [6.45, 7) is 0. The summed E-state index contributed by atoms with van der Waals surface area (Å²) in [6.07, 6.45) is 1.86. The van der Waals surface area contributed by atoms with Crippen molar-refractivity contribution in [3.8, 4) is 56.3 Å². The fourth-order valence-corrected chi connectivity index (χ4v) is 8.13. The van der Waals surface area contributed by atoms with E-state index >= 15 is 0 Å². The molecule has 0 spiro atoms. The van der Waals surface area contributed by atoms with Gasteiger partial charge in [0, 0.05) is 65.0 Å². The van der Waals surface area contributed by atoms with Gasteiger partial charge in [-0.25, -0.2) is 9.97 Å². The lowest BCUT2D eigenvalue weighted by atomic mass is 9.96. The average Bonchev–Trinajstić information content (AvgIpc) is 3.76. The van der Waals surface area contributed by atoms with Gasteiger partial charge in [0.2, 0.25) is 0 Å². The van der Waals surface area contributed by atoms with Crippen molar-refractivity contribution in [2.45, 2.75) is 0 Å². The second-order valence-corrected chi connectivity index (χ2v) is 13.5. The Morgan fingerprint density at radius 3 is 2.04 bits per heavy atom. The third-order valence-electron chi connectivity index (χ3n) is 9.39. The van der Waals surface area contributed by atoms with E-state index in [2.05, 4.69) is 109 Å². The highest BCUT2D eigenvalue weighted by Crippen LogP contribution is 2.41. The summed E-state index contributed by atoms with van der Waals surface area (Å²) in [5.74, 6) is 0.704. The van der Waals surface area contributed by atoms with Gasteiger partial charge in [-0.1, -0.05) is 109 Å². The first-order chi connectivity index (χ1) is 24.8. The molecule has 0 fully saturated rings. The molecule has 4 heterocycles. The van der Waals surface area contributed by atoms with Crippen molar-refractivity contribution >= 4 is 53.4 Å². The Bertz CT molecular complexity index is 2870. The minimum atomic E-state index is 0.704. The van der Waals surface area contributed by atoms with Gasteiger partial charge in [0.1, 0.15) is 11.2 Å². The highest BCUT2D eigenvalue weighted by atomic mass is 32.1. The second kappa shape index (κ2) is 11.6. The monoisotopic (exact) mass is 657 g/mol. The van der Waals surface area contributed by atoms with Crippen LogP contribution in [0.3, 0.4) is 0 Å². The number of benzene rings is 6. The molecular weight excluding hydrogens is 631 g/mol. The predicted octanol–water partition coefficient (Wildman–Crippen LogP) is 12.5. The molecule has 0 radical (unpaired) electrons. The summed E-state index contributed by atoms with van der Waals surface area (Å²) >= 11 is 1.82. The number of furan rings is 1. The molecule has 50 heavy (non-hydrogen) atoms. The van der Waals surface area contributed by atoms with Crippen LogP contribution in [0, 0.1) is 0 Å². The lowest BCUT2D eigenvalue weighted by Gasteiger charge is -2.12. The van der Waals surface area contributed by atoms with E-state index in [1.54, 1.807) is 0 Å². The van der Waals surface area contributed by atoms with Crippen molar-refractivity contribution in [2.24, 2.45) is 0 Å². The summed E-state index contributed by atoms with van der Waals surface area (Å²) in [7, 11) is 0. The molecule has 0 unspecified atom stereocenters. The maximum atomic E-state index is 6.09. The van der Waals surface area contributed by atoms with E-state index in [0.717, 1.165) is 72.4 Å². The molecule has 10 aromatic rings. The van der Waals surface area contributed by atoms with Crippen LogP contribution in [0.15, 0.2) is 168 Å². The zero-order valence-corrected chi connectivity index (χ0v) is 27.6. The molecule has 0 aliphatic carbocycles. The van der Waals surface area contributed by atoms with Crippen LogP contribution < -0.4 is 0 Å². The Hall–Kier alpha value is -6.43. The van der Waals surface area contributed by atoms with Crippen LogP contribution in [0.4, 0.5) is 0 Å². The summed E-state index contributed by atoms with van der Waals surface area (Å²) in [4.78, 5) is 15.1. The highest BCUT2D eigenvalue weighted by molar-refractivity contribution is 7.25. The van der Waals surface area contributed by atoms with E-state index in [1.165, 1.54) is 20.2 Å². The van der Waals surface area contributed by atoms with Gasteiger partial charge in [-0.05, 0) is 54.1 Å². The van der Waals surface area contributed by atoms with Crippen molar-refractivity contribution in [3.05, 3.63) is 164 Å². The van der Waals surface area contributed by atoms with Gasteiger partial charge in [-0.15, -0.1) is 11.3 Å². The minimum Gasteiger partial charge on any atom is -0.456 e. The summed E-state index contributed by atoms with van der Waals surface area (Å²) in [5.41, 5.74) is 10.8. The number of nitrogens with zero attached hydrogens (tertiary/aromatic N) is 3. The van der Waals surface area contributed by atoms with Crippen molar-refractivity contribution in [3.63, 3.8) is 0 Å². The topological polar surface area (TPSA) is 51.8 Å². The van der Waals surface area contributed by atoms with Gasteiger partial charge < -0.3 is 4.42 Å². The van der Waals surface area contributed by atoms with E-state index in [-0.39, 0.29) is 0 Å². The molecule has 0 N–H and O–H groups in total. The average molecular weight is 658 g/mol. The van der Waals surface area contributed by atoms with Crippen molar-refractivity contribution in [1.82, 2.24) is 15.0 Å². The van der Waals surface area contributed by atoms with Crippen LogP contribution in [0.25, 0.3) is 98.4 Å². The highest BCUT2D eigenvalue weighted by Gasteiger charge is 2.17. The second-order valence-electron chi connectivity index (χ2n) is 12.4. The lowest BCUT2D eigenvalue weighted by Crippen LogP contribution is -1.96. The first kappa shape index (κ1) is 28.6. The van der Waals surface area contributed by atoms with Crippen LogP contribution in [-0.2, 0) is 0 Å². The maximum Gasteiger partial charge on any atom is 0.160 e. The minimum absolute atomic E-state index is 0.704. The Labute approximate surface area is 292 Å². The fraction of sp³-hybridized carbons (Fsp3) is 0.